The molecule has 7 heteroatoms. The Balaban J connectivity index is 1.10. The summed E-state index contributed by atoms with van der Waals surface area (Å²) in [4.78, 5) is 21.9. The summed E-state index contributed by atoms with van der Waals surface area (Å²) in [6.45, 7) is 7.60. The van der Waals surface area contributed by atoms with Gasteiger partial charge in [-0.05, 0) is 48.7 Å². The van der Waals surface area contributed by atoms with Gasteiger partial charge in [0.15, 0.2) is 0 Å². The Labute approximate surface area is 194 Å². The lowest BCUT2D eigenvalue weighted by Gasteiger charge is -2.43. The Morgan fingerprint density at radius 3 is 2.18 bits per heavy atom. The molecule has 0 unspecified atom stereocenters. The first-order valence-corrected chi connectivity index (χ1v) is 12.1. The maximum atomic E-state index is 14.0. The summed E-state index contributed by atoms with van der Waals surface area (Å²) in [6, 6.07) is 11.9. The van der Waals surface area contributed by atoms with E-state index in [1.54, 1.807) is 0 Å². The van der Waals surface area contributed by atoms with Crippen molar-refractivity contribution in [3.8, 4) is 11.1 Å². The number of benzene rings is 2. The van der Waals surface area contributed by atoms with E-state index in [1.807, 2.05) is 29.2 Å². The van der Waals surface area contributed by atoms with Gasteiger partial charge >= 0.3 is 0 Å². The number of hydrogen-bond acceptors (Lipinski definition) is 4. The second kappa shape index (κ2) is 9.77. The van der Waals surface area contributed by atoms with Crippen LogP contribution < -0.4 is 4.90 Å². The van der Waals surface area contributed by atoms with Crippen molar-refractivity contribution in [1.29, 1.82) is 0 Å². The molecule has 3 fully saturated rings. The van der Waals surface area contributed by atoms with Crippen LogP contribution in [0.2, 0.25) is 0 Å². The molecule has 0 radical (unpaired) electrons. The van der Waals surface area contributed by atoms with E-state index in [2.05, 4.69) is 14.7 Å². The van der Waals surface area contributed by atoms with Crippen LogP contribution in [0, 0.1) is 11.6 Å². The highest BCUT2D eigenvalue weighted by Crippen LogP contribution is 2.27. The van der Waals surface area contributed by atoms with Crippen LogP contribution >= 0.6 is 0 Å². The van der Waals surface area contributed by atoms with Crippen LogP contribution in [0.15, 0.2) is 42.5 Å². The van der Waals surface area contributed by atoms with Gasteiger partial charge in [-0.25, -0.2) is 8.78 Å². The van der Waals surface area contributed by atoms with Crippen molar-refractivity contribution in [2.75, 3.05) is 63.8 Å². The van der Waals surface area contributed by atoms with E-state index in [0.29, 0.717) is 12.1 Å². The lowest BCUT2D eigenvalue weighted by molar-refractivity contribution is -0.134. The molecule has 0 spiro atoms. The molecule has 1 saturated carbocycles. The highest BCUT2D eigenvalue weighted by atomic mass is 19.1. The topological polar surface area (TPSA) is 30.0 Å². The highest BCUT2D eigenvalue weighted by Gasteiger charge is 2.30. The Morgan fingerprint density at radius 2 is 1.55 bits per heavy atom. The number of rotatable bonds is 5. The molecule has 2 saturated heterocycles. The van der Waals surface area contributed by atoms with E-state index in [0.717, 1.165) is 76.2 Å². The van der Waals surface area contributed by atoms with Gasteiger partial charge in [0.05, 0.1) is 6.54 Å². The average Bonchev–Trinajstić information content (AvgIpc) is 2.81. The first-order valence-electron chi connectivity index (χ1n) is 12.1. The zero-order chi connectivity index (χ0) is 22.8. The van der Waals surface area contributed by atoms with E-state index in [9.17, 15) is 13.6 Å². The van der Waals surface area contributed by atoms with Crippen LogP contribution in [-0.2, 0) is 4.79 Å². The predicted molar refractivity (Wildman–Crippen MR) is 126 cm³/mol. The predicted octanol–water partition coefficient (Wildman–Crippen LogP) is 3.45. The molecule has 5 nitrogen and oxygen atoms in total. The van der Waals surface area contributed by atoms with E-state index < -0.39 is 11.6 Å². The van der Waals surface area contributed by atoms with Gasteiger partial charge in [-0.1, -0.05) is 18.6 Å². The second-order valence-electron chi connectivity index (χ2n) is 9.44. The van der Waals surface area contributed by atoms with Gasteiger partial charge in [0.25, 0.3) is 0 Å². The van der Waals surface area contributed by atoms with E-state index in [4.69, 9.17) is 0 Å². The maximum Gasteiger partial charge on any atom is 0.236 e. The summed E-state index contributed by atoms with van der Waals surface area (Å²) < 4.78 is 27.6. The van der Waals surface area contributed by atoms with Crippen molar-refractivity contribution in [1.82, 2.24) is 14.7 Å². The van der Waals surface area contributed by atoms with Gasteiger partial charge in [0, 0.05) is 69.7 Å². The molecule has 33 heavy (non-hydrogen) atoms. The molecule has 2 heterocycles. The quantitative estimate of drug-likeness (QED) is 0.692. The molecule has 3 aliphatic rings. The SMILES string of the molecule is O=C(CN1CCN(c2ccc(-c3cc(F)ccc3F)cc2)CC1)N1CCN(C2CCC2)CC1. The molecule has 1 aliphatic carbocycles. The summed E-state index contributed by atoms with van der Waals surface area (Å²) in [5, 5.41) is 0. The number of halogens is 2. The molecule has 0 aromatic heterocycles. The van der Waals surface area contributed by atoms with Gasteiger partial charge < -0.3 is 9.80 Å². The molecule has 2 aliphatic heterocycles. The van der Waals surface area contributed by atoms with Crippen LogP contribution in [0.3, 0.4) is 0 Å². The standard InChI is InChI=1S/C26H32F2N4O/c27-21-6-9-25(28)24(18-21)20-4-7-23(8-5-20)30-12-10-29(11-13-30)19-26(33)32-16-14-31(15-17-32)22-2-1-3-22/h4-9,18,22H,1-3,10-17,19H2. The number of carbonyl (C=O) groups excluding carboxylic acids is 1. The number of amides is 1. The van der Waals surface area contributed by atoms with Crippen molar-refractivity contribution in [3.63, 3.8) is 0 Å². The smallest absolute Gasteiger partial charge is 0.236 e. The Bertz CT molecular complexity index is 963. The highest BCUT2D eigenvalue weighted by molar-refractivity contribution is 5.78. The number of piperazine rings is 2. The Hall–Kier alpha value is -2.51. The molecule has 1 amide bonds. The van der Waals surface area contributed by atoms with E-state index >= 15 is 0 Å². The molecule has 0 bridgehead atoms. The minimum absolute atomic E-state index is 0.248. The molecule has 2 aromatic carbocycles. The zero-order valence-electron chi connectivity index (χ0n) is 19.1. The van der Waals surface area contributed by atoms with Gasteiger partial charge in [-0.15, -0.1) is 0 Å². The van der Waals surface area contributed by atoms with Crippen LogP contribution in [-0.4, -0.2) is 85.6 Å². The largest absolute Gasteiger partial charge is 0.369 e. The van der Waals surface area contributed by atoms with Crippen molar-refractivity contribution in [2.24, 2.45) is 0 Å². The minimum Gasteiger partial charge on any atom is -0.369 e. The van der Waals surface area contributed by atoms with Crippen molar-refractivity contribution >= 4 is 11.6 Å². The summed E-state index contributed by atoms with van der Waals surface area (Å²) >= 11 is 0. The van der Waals surface area contributed by atoms with Gasteiger partial charge in [-0.2, -0.15) is 0 Å². The van der Waals surface area contributed by atoms with E-state index in [-0.39, 0.29) is 11.5 Å². The Morgan fingerprint density at radius 1 is 0.848 bits per heavy atom. The fourth-order valence-corrected chi connectivity index (χ4v) is 5.11. The Kier molecular flexibility index (Phi) is 6.60. The zero-order valence-corrected chi connectivity index (χ0v) is 19.1. The van der Waals surface area contributed by atoms with Gasteiger partial charge in [0.1, 0.15) is 11.6 Å². The lowest BCUT2D eigenvalue weighted by atomic mass is 9.91. The molecule has 2 aromatic rings. The normalized spacial score (nSPS) is 20.7. The number of anilines is 1. The summed E-state index contributed by atoms with van der Waals surface area (Å²) in [6.07, 6.45) is 4.00. The summed E-state index contributed by atoms with van der Waals surface area (Å²) in [5.74, 6) is -0.619. The first kappa shape index (κ1) is 22.3. The molecule has 5 rings (SSSR count). The molecular weight excluding hydrogens is 422 g/mol. The number of hydrogen-bond donors (Lipinski definition) is 0. The van der Waals surface area contributed by atoms with Crippen LogP contribution in [0.1, 0.15) is 19.3 Å². The fourth-order valence-electron chi connectivity index (χ4n) is 5.11. The lowest BCUT2D eigenvalue weighted by Crippen LogP contribution is -2.56. The number of nitrogens with zero attached hydrogens (tertiary/aromatic N) is 4. The van der Waals surface area contributed by atoms with Gasteiger partial charge in [-0.3, -0.25) is 14.6 Å². The number of carbonyl (C=O) groups is 1. The summed E-state index contributed by atoms with van der Waals surface area (Å²) in [5.41, 5.74) is 2.00. The van der Waals surface area contributed by atoms with E-state index in [1.165, 1.54) is 25.3 Å². The minimum atomic E-state index is -0.443. The second-order valence-corrected chi connectivity index (χ2v) is 9.44. The fraction of sp³-hybridized carbons (Fsp3) is 0.500. The van der Waals surface area contributed by atoms with Crippen molar-refractivity contribution in [3.05, 3.63) is 54.1 Å². The van der Waals surface area contributed by atoms with Crippen LogP contribution in [0.5, 0.6) is 0 Å². The molecule has 0 atom stereocenters. The third-order valence-corrected chi connectivity index (χ3v) is 7.46. The van der Waals surface area contributed by atoms with Crippen molar-refractivity contribution < 1.29 is 13.6 Å². The van der Waals surface area contributed by atoms with Crippen molar-refractivity contribution in [2.45, 2.75) is 25.3 Å². The third-order valence-electron chi connectivity index (χ3n) is 7.46. The van der Waals surface area contributed by atoms with Crippen LogP contribution in [0.25, 0.3) is 11.1 Å². The average molecular weight is 455 g/mol. The molecular formula is C26H32F2N4O. The monoisotopic (exact) mass is 454 g/mol. The maximum absolute atomic E-state index is 14.0. The van der Waals surface area contributed by atoms with Gasteiger partial charge in [0.2, 0.25) is 5.91 Å². The van der Waals surface area contributed by atoms with Crippen LogP contribution in [0.4, 0.5) is 14.5 Å². The summed E-state index contributed by atoms with van der Waals surface area (Å²) in [7, 11) is 0. The molecule has 176 valence electrons. The third kappa shape index (κ3) is 5.04. The first-order chi connectivity index (χ1) is 16.1. The molecule has 0 N–H and O–H groups in total.